The molecule has 0 atom stereocenters. The van der Waals surface area contributed by atoms with Crippen LogP contribution in [0.25, 0.3) is 17.1 Å². The zero-order valence-electron chi connectivity index (χ0n) is 18.2. The molecule has 9 heteroatoms. The highest BCUT2D eigenvalue weighted by molar-refractivity contribution is 7.99. The lowest BCUT2D eigenvalue weighted by molar-refractivity contribution is -0.115. The predicted molar refractivity (Wildman–Crippen MR) is 127 cm³/mol. The Morgan fingerprint density at radius 3 is 2.12 bits per heavy atom. The number of carbonyl (C=O) groups excluding carboxylic acids is 2. The first-order valence-corrected chi connectivity index (χ1v) is 11.5. The van der Waals surface area contributed by atoms with E-state index in [-0.39, 0.29) is 29.1 Å². The van der Waals surface area contributed by atoms with E-state index in [1.807, 2.05) is 0 Å². The number of halogens is 2. The topological polar surface area (TPSA) is 76.9 Å². The van der Waals surface area contributed by atoms with Crippen molar-refractivity contribution in [2.75, 3.05) is 11.1 Å². The van der Waals surface area contributed by atoms with Crippen molar-refractivity contribution in [1.82, 2.24) is 14.8 Å². The fourth-order valence-electron chi connectivity index (χ4n) is 3.17. The Kier molecular flexibility index (Phi) is 7.12. The second-order valence-corrected chi connectivity index (χ2v) is 8.26. The number of amides is 1. The van der Waals surface area contributed by atoms with Gasteiger partial charge in [-0.3, -0.25) is 14.2 Å². The summed E-state index contributed by atoms with van der Waals surface area (Å²) in [6.45, 7) is 1.76. The first kappa shape index (κ1) is 23.3. The highest BCUT2D eigenvalue weighted by Crippen LogP contribution is 2.29. The molecule has 4 rings (SSSR count). The third kappa shape index (κ3) is 5.37. The number of rotatable bonds is 8. The summed E-state index contributed by atoms with van der Waals surface area (Å²) >= 11 is 1.19. The molecular formula is C25H20F2N4O2S. The average Bonchev–Trinajstić information content (AvgIpc) is 3.27. The molecule has 0 aliphatic rings. The summed E-state index contributed by atoms with van der Waals surface area (Å²) < 4.78 is 28.6. The molecule has 0 bridgehead atoms. The maximum atomic E-state index is 13.5. The fraction of sp³-hybridized carbons (Fsp3) is 0.120. The monoisotopic (exact) mass is 478 g/mol. The Morgan fingerprint density at radius 1 is 0.882 bits per heavy atom. The fourth-order valence-corrected chi connectivity index (χ4v) is 4.02. The second-order valence-electron chi connectivity index (χ2n) is 7.32. The third-order valence-electron chi connectivity index (χ3n) is 4.96. The van der Waals surface area contributed by atoms with Crippen LogP contribution in [0.1, 0.15) is 23.7 Å². The molecule has 0 spiro atoms. The van der Waals surface area contributed by atoms with Crippen LogP contribution in [-0.4, -0.2) is 32.2 Å². The van der Waals surface area contributed by atoms with Crippen molar-refractivity contribution in [3.8, 4) is 17.1 Å². The molecule has 0 aliphatic carbocycles. The van der Waals surface area contributed by atoms with E-state index in [0.29, 0.717) is 39.9 Å². The van der Waals surface area contributed by atoms with Crippen molar-refractivity contribution in [2.45, 2.75) is 18.5 Å². The van der Waals surface area contributed by atoms with Crippen molar-refractivity contribution >= 4 is 29.1 Å². The van der Waals surface area contributed by atoms with Crippen molar-refractivity contribution in [3.05, 3.63) is 90.0 Å². The number of nitrogens with zero attached hydrogens (tertiary/aromatic N) is 3. The molecule has 0 saturated carbocycles. The van der Waals surface area contributed by atoms with E-state index >= 15 is 0 Å². The van der Waals surface area contributed by atoms with Gasteiger partial charge in [0.1, 0.15) is 11.6 Å². The summed E-state index contributed by atoms with van der Waals surface area (Å²) in [5.41, 5.74) is 2.35. The van der Waals surface area contributed by atoms with Crippen LogP contribution in [0.2, 0.25) is 0 Å². The minimum absolute atomic E-state index is 0.0867. The Morgan fingerprint density at radius 2 is 1.50 bits per heavy atom. The Balaban J connectivity index is 1.57. The normalized spacial score (nSPS) is 10.8. The van der Waals surface area contributed by atoms with Crippen molar-refractivity contribution in [3.63, 3.8) is 0 Å². The molecule has 0 saturated heterocycles. The number of carbonyl (C=O) groups is 2. The lowest BCUT2D eigenvalue weighted by Crippen LogP contribution is -2.10. The van der Waals surface area contributed by atoms with E-state index in [2.05, 4.69) is 15.5 Å². The zero-order chi connectivity index (χ0) is 24.1. The molecule has 3 aromatic carbocycles. The van der Waals surface area contributed by atoms with Crippen LogP contribution in [-0.2, 0) is 4.79 Å². The van der Waals surface area contributed by atoms with Gasteiger partial charge in [0.15, 0.2) is 16.8 Å². The van der Waals surface area contributed by atoms with Gasteiger partial charge in [-0.2, -0.15) is 0 Å². The summed E-state index contributed by atoms with van der Waals surface area (Å²) in [6, 6.07) is 18.3. The zero-order valence-corrected chi connectivity index (χ0v) is 19.0. The van der Waals surface area contributed by atoms with Crippen LogP contribution in [0.3, 0.4) is 0 Å². The van der Waals surface area contributed by atoms with Gasteiger partial charge < -0.3 is 5.32 Å². The molecule has 0 fully saturated rings. The first-order chi connectivity index (χ1) is 16.4. The van der Waals surface area contributed by atoms with Crippen LogP contribution in [0.4, 0.5) is 14.5 Å². The van der Waals surface area contributed by atoms with E-state index in [1.54, 1.807) is 60.0 Å². The molecule has 0 radical (unpaired) electrons. The van der Waals surface area contributed by atoms with Gasteiger partial charge in [0.25, 0.3) is 0 Å². The van der Waals surface area contributed by atoms with Gasteiger partial charge >= 0.3 is 0 Å². The lowest BCUT2D eigenvalue weighted by Gasteiger charge is -2.10. The van der Waals surface area contributed by atoms with E-state index in [1.165, 1.54) is 36.0 Å². The molecule has 6 nitrogen and oxygen atoms in total. The minimum atomic E-state index is -0.386. The lowest BCUT2D eigenvalue weighted by atomic mass is 10.1. The molecule has 4 aromatic rings. The molecular weight excluding hydrogens is 458 g/mol. The quantitative estimate of drug-likeness (QED) is 0.266. The van der Waals surface area contributed by atoms with Crippen LogP contribution >= 0.6 is 11.8 Å². The molecule has 1 N–H and O–H groups in total. The number of ketones is 1. The molecule has 1 heterocycles. The number of hydrogen-bond donors (Lipinski definition) is 1. The maximum Gasteiger partial charge on any atom is 0.224 e. The van der Waals surface area contributed by atoms with Gasteiger partial charge in [-0.1, -0.05) is 18.7 Å². The SMILES string of the molecule is CCC(=O)Nc1ccc(C(=O)CSc2nnc(-c3ccc(F)cc3)n2-c2ccc(F)cc2)cc1. The van der Waals surface area contributed by atoms with Crippen LogP contribution in [0.15, 0.2) is 78.0 Å². The Hall–Kier alpha value is -3.85. The second kappa shape index (κ2) is 10.4. The maximum absolute atomic E-state index is 13.5. The highest BCUT2D eigenvalue weighted by atomic mass is 32.2. The molecule has 1 aromatic heterocycles. The van der Waals surface area contributed by atoms with E-state index < -0.39 is 0 Å². The predicted octanol–water partition coefficient (Wildman–Crippen LogP) is 5.54. The molecule has 34 heavy (non-hydrogen) atoms. The summed E-state index contributed by atoms with van der Waals surface area (Å²) in [6.07, 6.45) is 0.367. The number of thioether (sulfide) groups is 1. The van der Waals surface area contributed by atoms with E-state index in [0.717, 1.165) is 0 Å². The summed E-state index contributed by atoms with van der Waals surface area (Å²) in [7, 11) is 0. The number of aromatic nitrogens is 3. The minimum Gasteiger partial charge on any atom is -0.326 e. The molecule has 0 unspecified atom stereocenters. The number of anilines is 1. The molecule has 0 aliphatic heterocycles. The van der Waals surface area contributed by atoms with Crippen molar-refractivity contribution in [2.24, 2.45) is 0 Å². The highest BCUT2D eigenvalue weighted by Gasteiger charge is 2.18. The summed E-state index contributed by atoms with van der Waals surface area (Å²) in [5, 5.41) is 11.6. The number of Topliss-reactive ketones (excluding diaryl/α,β-unsaturated/α-hetero) is 1. The van der Waals surface area contributed by atoms with Gasteiger partial charge in [0, 0.05) is 28.9 Å². The number of hydrogen-bond acceptors (Lipinski definition) is 5. The Bertz CT molecular complexity index is 1300. The van der Waals surface area contributed by atoms with E-state index in [9.17, 15) is 18.4 Å². The van der Waals surface area contributed by atoms with Crippen LogP contribution in [0, 0.1) is 11.6 Å². The van der Waals surface area contributed by atoms with Gasteiger partial charge in [-0.15, -0.1) is 10.2 Å². The van der Waals surface area contributed by atoms with Gasteiger partial charge in [0.05, 0.1) is 5.75 Å². The van der Waals surface area contributed by atoms with Gasteiger partial charge in [0.2, 0.25) is 5.91 Å². The standard InChI is InChI=1S/C25H20F2N4O2S/c1-2-23(33)28-20-11-5-16(6-12-20)22(32)15-34-25-30-29-24(17-3-7-18(26)8-4-17)31(25)21-13-9-19(27)10-14-21/h3-14H,2,15H2,1H3,(H,28,33). The van der Waals surface area contributed by atoms with Gasteiger partial charge in [-0.05, 0) is 72.8 Å². The largest absolute Gasteiger partial charge is 0.326 e. The first-order valence-electron chi connectivity index (χ1n) is 10.5. The Labute approximate surface area is 199 Å². The molecule has 172 valence electrons. The van der Waals surface area contributed by atoms with Crippen LogP contribution in [0.5, 0.6) is 0 Å². The van der Waals surface area contributed by atoms with E-state index in [4.69, 9.17) is 0 Å². The van der Waals surface area contributed by atoms with Crippen molar-refractivity contribution < 1.29 is 18.4 Å². The van der Waals surface area contributed by atoms with Gasteiger partial charge in [-0.25, -0.2) is 8.78 Å². The third-order valence-corrected chi connectivity index (χ3v) is 5.89. The average molecular weight is 479 g/mol. The summed E-state index contributed by atoms with van der Waals surface area (Å²) in [4.78, 5) is 24.3. The number of nitrogens with one attached hydrogen (secondary N) is 1. The number of benzene rings is 3. The molecule has 1 amide bonds. The van der Waals surface area contributed by atoms with Crippen molar-refractivity contribution in [1.29, 1.82) is 0 Å². The van der Waals surface area contributed by atoms with Crippen LogP contribution < -0.4 is 5.32 Å². The smallest absolute Gasteiger partial charge is 0.224 e. The summed E-state index contributed by atoms with van der Waals surface area (Å²) in [5.74, 6) is -0.469.